The van der Waals surface area contributed by atoms with Crippen LogP contribution in [0, 0.1) is 0 Å². The molecule has 512 valence electrons. The lowest BCUT2D eigenvalue weighted by atomic mass is 10.0. The molecule has 6 nitrogen and oxygen atoms in total. The third-order valence-electron chi connectivity index (χ3n) is 18.3. The highest BCUT2D eigenvalue weighted by Gasteiger charge is 2.18. The topological polar surface area (TPSA) is 95.9 Å². The predicted molar refractivity (Wildman–Crippen MR) is 384 cm³/mol. The molecule has 0 saturated heterocycles. The molecule has 0 aliphatic rings. The molecule has 0 bridgehead atoms. The highest BCUT2D eigenvalue weighted by Crippen LogP contribution is 2.19. The lowest BCUT2D eigenvalue weighted by molar-refractivity contribution is -0.143. The number of carbonyl (C=O) groups excluding carboxylic acids is 2. The van der Waals surface area contributed by atoms with Crippen LogP contribution in [0.1, 0.15) is 431 Å². The molecule has 2 unspecified atom stereocenters. The number of ether oxygens (including phenoxy) is 1. The second-order valence-corrected chi connectivity index (χ2v) is 27.0. The van der Waals surface area contributed by atoms with Gasteiger partial charge in [-0.3, -0.25) is 9.59 Å². The summed E-state index contributed by atoms with van der Waals surface area (Å²) in [5.41, 5.74) is 0. The molecule has 0 aromatic rings. The maximum absolute atomic E-state index is 12.5. The quantitative estimate of drug-likeness (QED) is 0.0320. The van der Waals surface area contributed by atoms with Crippen LogP contribution in [0.3, 0.4) is 0 Å². The SMILES string of the molecule is CCCCC/C=C\C/C=C\CCCCCCCCCCCC(=O)OCCCCCCCCCCCCCC/C=C\CCCCCCCCCCCCCCCCCCCC(=O)NC(CO)C(O)/C=C/CCCCCCCCCCCCCCCCCC. The molecular weight excluding hydrogens is 1070 g/mol. The van der Waals surface area contributed by atoms with E-state index < -0.39 is 12.1 Å². The van der Waals surface area contributed by atoms with Crippen LogP contribution in [-0.2, 0) is 14.3 Å². The van der Waals surface area contributed by atoms with Crippen molar-refractivity contribution in [3.05, 3.63) is 48.6 Å². The number of hydrogen-bond donors (Lipinski definition) is 3. The molecule has 0 heterocycles. The highest BCUT2D eigenvalue weighted by atomic mass is 16.5. The van der Waals surface area contributed by atoms with E-state index in [0.29, 0.717) is 19.4 Å². The van der Waals surface area contributed by atoms with Gasteiger partial charge in [0.05, 0.1) is 25.4 Å². The molecule has 0 aromatic carbocycles. The Balaban J connectivity index is 3.36. The van der Waals surface area contributed by atoms with Crippen molar-refractivity contribution in [2.24, 2.45) is 0 Å². The molecule has 0 aromatic heterocycles. The maximum atomic E-state index is 12.5. The Labute approximate surface area is 544 Å². The van der Waals surface area contributed by atoms with Crippen LogP contribution < -0.4 is 5.32 Å². The average molecular weight is 1220 g/mol. The van der Waals surface area contributed by atoms with Gasteiger partial charge >= 0.3 is 5.97 Å². The minimum Gasteiger partial charge on any atom is -0.466 e. The number of hydrogen-bond acceptors (Lipinski definition) is 5. The molecule has 0 rings (SSSR count). The van der Waals surface area contributed by atoms with Gasteiger partial charge in [-0.05, 0) is 89.9 Å². The summed E-state index contributed by atoms with van der Waals surface area (Å²) in [6, 6.07) is -0.627. The second kappa shape index (κ2) is 76.3. The molecule has 0 aliphatic carbocycles. The smallest absolute Gasteiger partial charge is 0.305 e. The van der Waals surface area contributed by atoms with E-state index in [1.165, 1.54) is 353 Å². The normalized spacial score (nSPS) is 12.7. The van der Waals surface area contributed by atoms with Crippen LogP contribution in [0.25, 0.3) is 0 Å². The van der Waals surface area contributed by atoms with Crippen LogP contribution in [0.4, 0.5) is 0 Å². The summed E-state index contributed by atoms with van der Waals surface area (Å²) >= 11 is 0. The van der Waals surface area contributed by atoms with Gasteiger partial charge in [-0.25, -0.2) is 0 Å². The first-order chi connectivity index (χ1) is 43.0. The molecule has 0 saturated carbocycles. The Bertz CT molecular complexity index is 1450. The Hall–Kier alpha value is -2.18. The summed E-state index contributed by atoms with van der Waals surface area (Å²) in [6.45, 7) is 4.92. The Morgan fingerprint density at radius 3 is 0.908 bits per heavy atom. The fourth-order valence-corrected chi connectivity index (χ4v) is 12.3. The van der Waals surface area contributed by atoms with Crippen molar-refractivity contribution in [2.45, 2.75) is 443 Å². The minimum atomic E-state index is -0.843. The predicted octanol–water partition coefficient (Wildman–Crippen LogP) is 26.0. The van der Waals surface area contributed by atoms with Crippen molar-refractivity contribution in [2.75, 3.05) is 13.2 Å². The number of esters is 1. The molecule has 3 N–H and O–H groups in total. The van der Waals surface area contributed by atoms with Gasteiger partial charge in [0.1, 0.15) is 0 Å². The van der Waals surface area contributed by atoms with E-state index in [9.17, 15) is 19.8 Å². The molecule has 2 atom stereocenters. The van der Waals surface area contributed by atoms with Gasteiger partial charge in [-0.2, -0.15) is 0 Å². The fraction of sp³-hybridized carbons (Fsp3) is 0.877. The molecule has 0 aliphatic heterocycles. The first-order valence-corrected chi connectivity index (χ1v) is 39.4. The summed E-state index contributed by atoms with van der Waals surface area (Å²) in [4.78, 5) is 24.6. The van der Waals surface area contributed by atoms with Gasteiger partial charge in [0, 0.05) is 12.8 Å². The van der Waals surface area contributed by atoms with Crippen LogP contribution in [-0.4, -0.2) is 47.4 Å². The molecular formula is C81H153NO5. The maximum Gasteiger partial charge on any atom is 0.305 e. The van der Waals surface area contributed by atoms with E-state index in [4.69, 9.17) is 4.74 Å². The van der Waals surface area contributed by atoms with Crippen LogP contribution in [0.15, 0.2) is 48.6 Å². The van der Waals surface area contributed by atoms with E-state index >= 15 is 0 Å². The Morgan fingerprint density at radius 1 is 0.322 bits per heavy atom. The first kappa shape index (κ1) is 84.8. The largest absolute Gasteiger partial charge is 0.466 e. The van der Waals surface area contributed by atoms with E-state index in [2.05, 4.69) is 55.6 Å². The number of aliphatic hydroxyl groups excluding tert-OH is 2. The highest BCUT2D eigenvalue weighted by molar-refractivity contribution is 5.76. The number of allylic oxidation sites excluding steroid dienone is 7. The summed E-state index contributed by atoms with van der Waals surface area (Å²) < 4.78 is 5.51. The lowest BCUT2D eigenvalue weighted by Crippen LogP contribution is -2.45. The first-order valence-electron chi connectivity index (χ1n) is 39.4. The summed E-state index contributed by atoms with van der Waals surface area (Å²) in [6.07, 6.45) is 101. The number of carbonyl (C=O) groups is 2. The van der Waals surface area contributed by atoms with Crippen molar-refractivity contribution in [3.63, 3.8) is 0 Å². The lowest BCUT2D eigenvalue weighted by Gasteiger charge is -2.20. The molecule has 6 heteroatoms. The van der Waals surface area contributed by atoms with Gasteiger partial charge in [-0.15, -0.1) is 0 Å². The van der Waals surface area contributed by atoms with E-state index in [0.717, 1.165) is 51.4 Å². The zero-order chi connectivity index (χ0) is 62.8. The second-order valence-electron chi connectivity index (χ2n) is 27.0. The molecule has 0 radical (unpaired) electrons. The van der Waals surface area contributed by atoms with Crippen LogP contribution >= 0.6 is 0 Å². The Kier molecular flexibility index (Phi) is 74.4. The van der Waals surface area contributed by atoms with Crippen molar-refractivity contribution in [1.29, 1.82) is 0 Å². The van der Waals surface area contributed by atoms with Gasteiger partial charge < -0.3 is 20.3 Å². The molecule has 87 heavy (non-hydrogen) atoms. The number of amides is 1. The molecule has 0 fully saturated rings. The van der Waals surface area contributed by atoms with Gasteiger partial charge in [0.25, 0.3) is 0 Å². The van der Waals surface area contributed by atoms with Crippen molar-refractivity contribution in [3.8, 4) is 0 Å². The van der Waals surface area contributed by atoms with Crippen LogP contribution in [0.2, 0.25) is 0 Å². The van der Waals surface area contributed by atoms with E-state index in [-0.39, 0.29) is 18.5 Å². The number of rotatable bonds is 74. The Morgan fingerprint density at radius 2 is 0.575 bits per heavy atom. The standard InChI is InChI=1S/C81H153NO5/c1-3-5-7-9-11-13-15-17-19-21-38-43-47-51-55-59-63-67-71-75-81(86)87-76-72-68-64-60-56-52-48-44-40-37-35-33-31-29-27-25-23-24-26-28-30-32-34-36-39-42-46-50-54-58-62-66-70-74-80(85)82-78(77-83)79(84)73-69-65-61-57-53-49-45-41-22-20-18-16-14-12-10-8-6-4-2/h11,13,17,19,27,29,69,73,78-79,83-84H,3-10,12,14-16,18,20-26,28,30-68,70-72,74-77H2,1-2H3,(H,82,85)/b13-11-,19-17-,29-27-,73-69+. The van der Waals surface area contributed by atoms with Crippen molar-refractivity contribution in [1.82, 2.24) is 5.32 Å². The summed E-state index contributed by atoms with van der Waals surface area (Å²) in [5, 5.41) is 23.2. The van der Waals surface area contributed by atoms with E-state index in [1.807, 2.05) is 6.08 Å². The third-order valence-corrected chi connectivity index (χ3v) is 18.3. The van der Waals surface area contributed by atoms with Gasteiger partial charge in [-0.1, -0.05) is 377 Å². The number of unbranched alkanes of at least 4 members (excludes halogenated alkanes) is 57. The van der Waals surface area contributed by atoms with Crippen molar-refractivity contribution < 1.29 is 24.5 Å². The summed E-state index contributed by atoms with van der Waals surface area (Å²) in [7, 11) is 0. The zero-order valence-corrected chi connectivity index (χ0v) is 58.8. The fourth-order valence-electron chi connectivity index (χ4n) is 12.3. The summed E-state index contributed by atoms with van der Waals surface area (Å²) in [5.74, 6) is -0.0464. The third kappa shape index (κ3) is 72.8. The molecule has 1 amide bonds. The van der Waals surface area contributed by atoms with E-state index in [1.54, 1.807) is 6.08 Å². The minimum absolute atomic E-state index is 0.0151. The number of nitrogens with one attached hydrogen (secondary N) is 1. The average Bonchev–Trinajstić information content (AvgIpc) is 3.59. The zero-order valence-electron chi connectivity index (χ0n) is 58.8. The van der Waals surface area contributed by atoms with Gasteiger partial charge in [0.2, 0.25) is 5.91 Å². The van der Waals surface area contributed by atoms with Crippen LogP contribution in [0.5, 0.6) is 0 Å². The van der Waals surface area contributed by atoms with Gasteiger partial charge in [0.15, 0.2) is 0 Å². The number of aliphatic hydroxyl groups is 2. The van der Waals surface area contributed by atoms with Crippen molar-refractivity contribution >= 4 is 11.9 Å². The molecule has 0 spiro atoms. The monoisotopic (exact) mass is 1220 g/mol.